The standard InChI is InChI=1S/C33H53N3O9SSi/c1-12-42-30(37)26-22-46-29(34-26)28(45-47(10,11)33(7,8)9)20-27(23(2)3)35(31(38)44-32(4,5)6)43-19-13-18-41-21-24-14-16-25(17-15-24)36(39)40/h14-17,22-23,27-28H,12-13,18-21H2,1-11H3/t27-,28-/m1/s1. The van der Waals surface area contributed by atoms with Crippen molar-refractivity contribution in [3.63, 3.8) is 0 Å². The average molecular weight is 696 g/mol. The number of hydrogen-bond donors (Lipinski definition) is 0. The number of non-ortho nitro benzene ring substituents is 1. The Bertz CT molecular complexity index is 1300. The summed E-state index contributed by atoms with van der Waals surface area (Å²) in [5.41, 5.74) is 0.309. The maximum Gasteiger partial charge on any atom is 0.434 e. The number of hydroxylamine groups is 2. The van der Waals surface area contributed by atoms with Crippen molar-refractivity contribution in [2.45, 2.75) is 118 Å². The molecule has 0 aliphatic heterocycles. The average Bonchev–Trinajstić information content (AvgIpc) is 3.44. The summed E-state index contributed by atoms with van der Waals surface area (Å²) in [5, 5.41) is 14.4. The van der Waals surface area contributed by atoms with Crippen LogP contribution in [0.1, 0.15) is 102 Å². The number of rotatable bonds is 17. The van der Waals surface area contributed by atoms with Gasteiger partial charge in [-0.15, -0.1) is 11.3 Å². The molecule has 0 radical (unpaired) electrons. The van der Waals surface area contributed by atoms with Gasteiger partial charge >= 0.3 is 12.1 Å². The predicted molar refractivity (Wildman–Crippen MR) is 184 cm³/mol. The van der Waals surface area contributed by atoms with Crippen molar-refractivity contribution >= 4 is 37.4 Å². The molecule has 264 valence electrons. The Labute approximate surface area is 284 Å². The molecule has 47 heavy (non-hydrogen) atoms. The molecule has 14 heteroatoms. The van der Waals surface area contributed by atoms with Crippen molar-refractivity contribution in [2.75, 3.05) is 19.8 Å². The summed E-state index contributed by atoms with van der Waals surface area (Å²) < 4.78 is 23.6. The first-order valence-corrected chi connectivity index (χ1v) is 19.8. The van der Waals surface area contributed by atoms with E-state index in [1.165, 1.54) is 28.5 Å². The molecule has 1 aromatic carbocycles. The second kappa shape index (κ2) is 17.5. The molecule has 0 aliphatic rings. The number of esters is 1. The Balaban J connectivity index is 2.27. The number of carbonyl (C=O) groups is 2. The predicted octanol–water partition coefficient (Wildman–Crippen LogP) is 8.48. The van der Waals surface area contributed by atoms with Crippen LogP contribution in [0.15, 0.2) is 29.6 Å². The molecule has 0 saturated heterocycles. The van der Waals surface area contributed by atoms with Crippen LogP contribution < -0.4 is 0 Å². The second-order valence-corrected chi connectivity index (χ2v) is 19.8. The quantitative estimate of drug-likeness (QED) is 0.0520. The van der Waals surface area contributed by atoms with E-state index < -0.39 is 43.1 Å². The smallest absolute Gasteiger partial charge is 0.434 e. The molecule has 0 aliphatic carbocycles. The maximum absolute atomic E-state index is 13.6. The van der Waals surface area contributed by atoms with Crippen molar-refractivity contribution in [1.82, 2.24) is 10.0 Å². The molecule has 1 aromatic heterocycles. The third-order valence-electron chi connectivity index (χ3n) is 7.70. The normalized spacial score (nSPS) is 13.7. The number of amides is 1. The number of thiazole rings is 1. The van der Waals surface area contributed by atoms with Gasteiger partial charge in [0.15, 0.2) is 14.0 Å². The van der Waals surface area contributed by atoms with Crippen LogP contribution in [0.5, 0.6) is 0 Å². The van der Waals surface area contributed by atoms with Crippen LogP contribution in [-0.4, -0.2) is 66.8 Å². The number of nitro groups is 1. The van der Waals surface area contributed by atoms with E-state index in [0.717, 1.165) is 5.56 Å². The van der Waals surface area contributed by atoms with Crippen LogP contribution in [0, 0.1) is 16.0 Å². The summed E-state index contributed by atoms with van der Waals surface area (Å²) in [5.74, 6) is -0.549. The van der Waals surface area contributed by atoms with Crippen molar-refractivity contribution < 1.29 is 38.0 Å². The first kappa shape index (κ1) is 40.3. The summed E-state index contributed by atoms with van der Waals surface area (Å²) in [6, 6.07) is 5.74. The van der Waals surface area contributed by atoms with Gasteiger partial charge in [0.25, 0.3) is 5.69 Å². The zero-order valence-corrected chi connectivity index (χ0v) is 31.6. The van der Waals surface area contributed by atoms with Gasteiger partial charge in [0, 0.05) is 30.5 Å². The fourth-order valence-electron chi connectivity index (χ4n) is 4.14. The highest BCUT2D eigenvalue weighted by molar-refractivity contribution is 7.09. The lowest BCUT2D eigenvalue weighted by molar-refractivity contribution is -0.384. The third-order valence-corrected chi connectivity index (χ3v) is 13.1. The highest BCUT2D eigenvalue weighted by atomic mass is 32.1. The Kier molecular flexibility index (Phi) is 15.0. The fraction of sp³-hybridized carbons (Fsp3) is 0.667. The molecule has 0 unspecified atom stereocenters. The van der Waals surface area contributed by atoms with Gasteiger partial charge in [0.05, 0.1) is 36.9 Å². The van der Waals surface area contributed by atoms with E-state index in [0.29, 0.717) is 24.5 Å². The zero-order valence-electron chi connectivity index (χ0n) is 29.8. The van der Waals surface area contributed by atoms with Crippen LogP contribution in [0.3, 0.4) is 0 Å². The first-order chi connectivity index (χ1) is 21.8. The summed E-state index contributed by atoms with van der Waals surface area (Å²) in [4.78, 5) is 47.3. The third kappa shape index (κ3) is 12.9. The minimum atomic E-state index is -2.34. The molecule has 0 N–H and O–H groups in total. The van der Waals surface area contributed by atoms with E-state index in [2.05, 4.69) is 38.8 Å². The van der Waals surface area contributed by atoms with Crippen molar-refractivity contribution in [3.8, 4) is 0 Å². The van der Waals surface area contributed by atoms with Crippen molar-refractivity contribution in [3.05, 3.63) is 56.0 Å². The lowest BCUT2D eigenvalue weighted by Gasteiger charge is -2.41. The van der Waals surface area contributed by atoms with E-state index in [1.807, 2.05) is 13.8 Å². The van der Waals surface area contributed by atoms with Gasteiger partial charge < -0.3 is 18.6 Å². The fourth-order valence-corrected chi connectivity index (χ4v) is 6.33. The number of nitrogens with zero attached hydrogens (tertiary/aromatic N) is 3. The van der Waals surface area contributed by atoms with E-state index in [1.54, 1.807) is 45.2 Å². The van der Waals surface area contributed by atoms with Crippen LogP contribution in [0.2, 0.25) is 18.1 Å². The van der Waals surface area contributed by atoms with Crippen LogP contribution in [0.4, 0.5) is 10.5 Å². The SMILES string of the molecule is CCOC(=O)c1csc([C@@H](C[C@H](C(C)C)N(OCCCOCc2ccc([N+](=O)[O-])cc2)C(=O)OC(C)(C)C)O[Si](C)(C)C(C)(C)C)n1. The number of aromatic nitrogens is 1. The molecule has 1 amide bonds. The molecule has 2 aromatic rings. The largest absolute Gasteiger partial charge is 0.461 e. The van der Waals surface area contributed by atoms with Gasteiger partial charge in [-0.05, 0) is 75.9 Å². The molecule has 0 spiro atoms. The summed E-state index contributed by atoms with van der Waals surface area (Å²) >= 11 is 1.33. The molecule has 0 bridgehead atoms. The topological polar surface area (TPSA) is 140 Å². The van der Waals surface area contributed by atoms with Crippen LogP contribution >= 0.6 is 11.3 Å². The highest BCUT2D eigenvalue weighted by Crippen LogP contribution is 2.42. The number of ether oxygens (including phenoxy) is 3. The molecule has 1 heterocycles. The van der Waals surface area contributed by atoms with E-state index in [9.17, 15) is 19.7 Å². The Morgan fingerprint density at radius 2 is 1.70 bits per heavy atom. The minimum Gasteiger partial charge on any atom is -0.461 e. The molecule has 12 nitrogen and oxygen atoms in total. The van der Waals surface area contributed by atoms with E-state index >= 15 is 0 Å². The minimum absolute atomic E-state index is 0.0235. The molecule has 0 fully saturated rings. The summed E-state index contributed by atoms with van der Waals surface area (Å²) in [7, 11) is -2.34. The maximum atomic E-state index is 13.6. The number of carbonyl (C=O) groups excluding carboxylic acids is 2. The number of nitro benzene ring substituents is 1. The van der Waals surface area contributed by atoms with E-state index in [4.69, 9.17) is 23.5 Å². The first-order valence-electron chi connectivity index (χ1n) is 16.0. The zero-order chi connectivity index (χ0) is 35.6. The number of hydrogen-bond acceptors (Lipinski definition) is 11. The summed E-state index contributed by atoms with van der Waals surface area (Å²) in [6.45, 7) is 23.0. The van der Waals surface area contributed by atoms with Gasteiger partial charge in [-0.1, -0.05) is 34.6 Å². The monoisotopic (exact) mass is 695 g/mol. The second-order valence-electron chi connectivity index (χ2n) is 14.2. The van der Waals surface area contributed by atoms with Crippen molar-refractivity contribution in [2.24, 2.45) is 5.92 Å². The Morgan fingerprint density at radius 1 is 1.06 bits per heavy atom. The summed E-state index contributed by atoms with van der Waals surface area (Å²) in [6.07, 6.45) is -0.290. The lowest BCUT2D eigenvalue weighted by atomic mass is 9.98. The lowest BCUT2D eigenvalue weighted by Crippen LogP contribution is -2.48. The molecular weight excluding hydrogens is 643 g/mol. The van der Waals surface area contributed by atoms with Crippen LogP contribution in [0.25, 0.3) is 0 Å². The van der Waals surface area contributed by atoms with E-state index in [-0.39, 0.29) is 42.2 Å². The van der Waals surface area contributed by atoms with Gasteiger partial charge in [0.1, 0.15) is 10.6 Å². The van der Waals surface area contributed by atoms with Gasteiger partial charge in [-0.3, -0.25) is 15.0 Å². The highest BCUT2D eigenvalue weighted by Gasteiger charge is 2.42. The molecule has 2 rings (SSSR count). The van der Waals surface area contributed by atoms with Gasteiger partial charge in [0.2, 0.25) is 0 Å². The van der Waals surface area contributed by atoms with Crippen LogP contribution in [-0.2, 0) is 30.1 Å². The molecular formula is C33H53N3O9SSi. The van der Waals surface area contributed by atoms with Gasteiger partial charge in [-0.2, -0.15) is 5.06 Å². The van der Waals surface area contributed by atoms with Crippen molar-refractivity contribution in [1.29, 1.82) is 0 Å². The Morgan fingerprint density at radius 3 is 2.23 bits per heavy atom. The number of benzene rings is 1. The molecule has 0 saturated carbocycles. The Hall–Kier alpha value is -2.91. The molecule has 2 atom stereocenters. The van der Waals surface area contributed by atoms with Gasteiger partial charge in [-0.25, -0.2) is 14.6 Å².